The Bertz CT molecular complexity index is 1000. The van der Waals surface area contributed by atoms with E-state index in [9.17, 15) is 14.4 Å². The molecule has 7 nitrogen and oxygen atoms in total. The average molecular weight is 528 g/mol. The van der Waals surface area contributed by atoms with Gasteiger partial charge in [-0.1, -0.05) is 91.5 Å². The molecule has 0 fully saturated rings. The molecule has 0 aliphatic rings. The van der Waals surface area contributed by atoms with Crippen molar-refractivity contribution in [3.63, 3.8) is 0 Å². The van der Waals surface area contributed by atoms with Gasteiger partial charge < -0.3 is 20.3 Å². The molecule has 7 heteroatoms. The molecule has 0 unspecified atom stereocenters. The summed E-state index contributed by atoms with van der Waals surface area (Å²) in [5.41, 5.74) is 1.32. The molecule has 0 aliphatic carbocycles. The summed E-state index contributed by atoms with van der Waals surface area (Å²) in [5, 5.41) is 6.22. The Morgan fingerprint density at radius 1 is 1.05 bits per heavy atom. The highest BCUT2D eigenvalue weighted by molar-refractivity contribution is 5.92. The Hall–Kier alpha value is -2.93. The van der Waals surface area contributed by atoms with Crippen LogP contribution in [-0.2, 0) is 24.5 Å². The summed E-state index contributed by atoms with van der Waals surface area (Å²) in [4.78, 5) is 41.4. The van der Waals surface area contributed by atoms with Crippen molar-refractivity contribution in [3.8, 4) is 0 Å². The van der Waals surface area contributed by atoms with E-state index < -0.39 is 28.9 Å². The molecule has 0 bridgehead atoms. The first-order valence-electron chi connectivity index (χ1n) is 13.4. The lowest BCUT2D eigenvalue weighted by Crippen LogP contribution is -2.61. The third-order valence-corrected chi connectivity index (χ3v) is 7.06. The standard InChI is InChI=1S/C31H49N3O4/c1-13-22-15-17-23(18-16-22)31(9,10)25(32-11)27(35)33-26(30(6,7)8)28(36)34(12)24(20(3)4)19-21(5)29(37)38-14-2/h13,15-20,24-26,32H,1,14H2,2-12H3,(H,33,35)/b21-19+/t24-,25-,26-/m1/s1. The topological polar surface area (TPSA) is 87.7 Å². The van der Waals surface area contributed by atoms with E-state index in [4.69, 9.17) is 4.74 Å². The summed E-state index contributed by atoms with van der Waals surface area (Å²) >= 11 is 0. The van der Waals surface area contributed by atoms with Crippen LogP contribution in [0.2, 0.25) is 0 Å². The molecule has 2 amide bonds. The maximum atomic E-state index is 13.9. The highest BCUT2D eigenvalue weighted by atomic mass is 16.5. The number of benzene rings is 1. The minimum atomic E-state index is -0.785. The zero-order chi connectivity index (χ0) is 29.4. The molecule has 2 N–H and O–H groups in total. The number of hydrogen-bond acceptors (Lipinski definition) is 5. The maximum Gasteiger partial charge on any atom is 0.333 e. The van der Waals surface area contributed by atoms with Crippen molar-refractivity contribution in [2.75, 3.05) is 20.7 Å². The highest BCUT2D eigenvalue weighted by Crippen LogP contribution is 2.29. The average Bonchev–Trinajstić information content (AvgIpc) is 2.84. The van der Waals surface area contributed by atoms with Crippen LogP contribution in [0.5, 0.6) is 0 Å². The molecule has 1 aromatic rings. The molecular weight excluding hydrogens is 478 g/mol. The minimum absolute atomic E-state index is 0.0344. The van der Waals surface area contributed by atoms with Crippen LogP contribution in [0.1, 0.15) is 73.4 Å². The van der Waals surface area contributed by atoms with Crippen LogP contribution < -0.4 is 10.6 Å². The number of amides is 2. The molecule has 38 heavy (non-hydrogen) atoms. The van der Waals surface area contributed by atoms with Crippen LogP contribution in [0.25, 0.3) is 6.08 Å². The lowest BCUT2D eigenvalue weighted by atomic mass is 9.76. The van der Waals surface area contributed by atoms with Gasteiger partial charge in [0.2, 0.25) is 11.8 Å². The van der Waals surface area contributed by atoms with Crippen LogP contribution in [-0.4, -0.2) is 61.5 Å². The minimum Gasteiger partial charge on any atom is -0.463 e. The predicted octanol–water partition coefficient (Wildman–Crippen LogP) is 4.72. The van der Waals surface area contributed by atoms with Crippen molar-refractivity contribution < 1.29 is 19.1 Å². The van der Waals surface area contributed by atoms with Crippen molar-refractivity contribution in [2.24, 2.45) is 11.3 Å². The normalized spacial score (nSPS) is 14.9. The van der Waals surface area contributed by atoms with Gasteiger partial charge in [-0.05, 0) is 43.4 Å². The Balaban J connectivity index is 3.31. The van der Waals surface area contributed by atoms with Gasteiger partial charge in [-0.15, -0.1) is 0 Å². The van der Waals surface area contributed by atoms with Crippen LogP contribution in [0.15, 0.2) is 42.5 Å². The third kappa shape index (κ3) is 8.29. The fourth-order valence-corrected chi connectivity index (χ4v) is 4.58. The molecule has 0 radical (unpaired) electrons. The van der Waals surface area contributed by atoms with E-state index in [2.05, 4.69) is 17.2 Å². The fraction of sp³-hybridized carbons (Fsp3) is 0.581. The molecule has 0 saturated carbocycles. The quantitative estimate of drug-likeness (QED) is 0.303. The molecule has 1 aromatic carbocycles. The summed E-state index contributed by atoms with van der Waals surface area (Å²) in [6.45, 7) is 21.3. The monoisotopic (exact) mass is 527 g/mol. The molecule has 0 heterocycles. The van der Waals surface area contributed by atoms with Crippen molar-refractivity contribution in [3.05, 3.63) is 53.6 Å². The van der Waals surface area contributed by atoms with Crippen LogP contribution in [0.4, 0.5) is 0 Å². The first kappa shape index (κ1) is 33.1. The highest BCUT2D eigenvalue weighted by Gasteiger charge is 2.41. The molecule has 0 aliphatic heterocycles. The lowest BCUT2D eigenvalue weighted by molar-refractivity contribution is -0.141. The Morgan fingerprint density at radius 3 is 2.03 bits per heavy atom. The van der Waals surface area contributed by atoms with Gasteiger partial charge in [0.15, 0.2) is 0 Å². The molecule has 0 spiro atoms. The van der Waals surface area contributed by atoms with Gasteiger partial charge in [-0.3, -0.25) is 9.59 Å². The number of nitrogens with zero attached hydrogens (tertiary/aromatic N) is 1. The van der Waals surface area contributed by atoms with Crippen LogP contribution in [0, 0.1) is 11.3 Å². The molecule has 3 atom stereocenters. The molecule has 212 valence electrons. The fourth-order valence-electron chi connectivity index (χ4n) is 4.58. The Kier molecular flexibility index (Phi) is 12.0. The number of carbonyl (C=O) groups is 3. The van der Waals surface area contributed by atoms with Gasteiger partial charge in [0.1, 0.15) is 6.04 Å². The first-order valence-corrected chi connectivity index (χ1v) is 13.4. The van der Waals surface area contributed by atoms with Crippen molar-refractivity contribution in [1.29, 1.82) is 0 Å². The van der Waals surface area contributed by atoms with E-state index in [1.165, 1.54) is 0 Å². The zero-order valence-corrected chi connectivity index (χ0v) is 25.3. The third-order valence-electron chi connectivity index (χ3n) is 7.06. The Morgan fingerprint density at radius 2 is 1.61 bits per heavy atom. The smallest absolute Gasteiger partial charge is 0.333 e. The molecule has 0 saturated heterocycles. The van der Waals surface area contributed by atoms with E-state index in [0.29, 0.717) is 5.57 Å². The first-order chi connectivity index (χ1) is 17.5. The van der Waals surface area contributed by atoms with Crippen LogP contribution in [0.3, 0.4) is 0 Å². The van der Waals surface area contributed by atoms with Gasteiger partial charge in [0, 0.05) is 18.0 Å². The van der Waals surface area contributed by atoms with Crippen LogP contribution >= 0.6 is 0 Å². The van der Waals surface area contributed by atoms with E-state index >= 15 is 0 Å². The van der Waals surface area contributed by atoms with Gasteiger partial charge in [0.05, 0.1) is 18.7 Å². The number of esters is 1. The van der Waals surface area contributed by atoms with Gasteiger partial charge >= 0.3 is 5.97 Å². The second kappa shape index (κ2) is 13.7. The predicted molar refractivity (Wildman–Crippen MR) is 156 cm³/mol. The molecule has 0 aromatic heterocycles. The van der Waals surface area contributed by atoms with E-state index in [1.807, 2.05) is 72.7 Å². The number of likely N-dealkylation sites (N-methyl/N-ethyl adjacent to an activating group) is 2. The number of nitrogens with one attached hydrogen (secondary N) is 2. The van der Waals surface area contributed by atoms with Gasteiger partial charge in [-0.25, -0.2) is 4.79 Å². The van der Waals surface area contributed by atoms with E-state index in [1.54, 1.807) is 45.0 Å². The van der Waals surface area contributed by atoms with Gasteiger partial charge in [-0.2, -0.15) is 0 Å². The second-order valence-electron chi connectivity index (χ2n) is 11.8. The summed E-state index contributed by atoms with van der Waals surface area (Å²) in [5.74, 6) is -0.848. The van der Waals surface area contributed by atoms with E-state index in [-0.39, 0.29) is 30.4 Å². The molecule has 1 rings (SSSR count). The number of ether oxygens (including phenoxy) is 1. The van der Waals surface area contributed by atoms with Gasteiger partial charge in [0.25, 0.3) is 0 Å². The zero-order valence-electron chi connectivity index (χ0n) is 25.3. The van der Waals surface area contributed by atoms with Crippen molar-refractivity contribution in [1.82, 2.24) is 15.5 Å². The SMILES string of the molecule is C=Cc1ccc(C(C)(C)[C@H](NC)C(=O)N[C@H](C(=O)N(C)[C@H](/C=C(\C)C(=O)OCC)C(C)C)C(C)(C)C)cc1. The lowest BCUT2D eigenvalue weighted by Gasteiger charge is -2.40. The maximum absolute atomic E-state index is 13.9. The summed E-state index contributed by atoms with van der Waals surface area (Å²) in [7, 11) is 3.47. The van der Waals surface area contributed by atoms with E-state index in [0.717, 1.165) is 11.1 Å². The van der Waals surface area contributed by atoms with Crippen molar-refractivity contribution in [2.45, 2.75) is 85.9 Å². The second-order valence-corrected chi connectivity index (χ2v) is 11.8. The summed E-state index contributed by atoms with van der Waals surface area (Å²) in [6, 6.07) is 6.22. The molecular formula is C31H49N3O4. The number of rotatable bonds is 12. The summed E-state index contributed by atoms with van der Waals surface area (Å²) in [6.07, 6.45) is 3.55. The number of hydrogen-bond donors (Lipinski definition) is 2. The number of carbonyl (C=O) groups excluding carboxylic acids is 3. The Labute approximate surface area is 230 Å². The largest absolute Gasteiger partial charge is 0.463 e. The summed E-state index contributed by atoms with van der Waals surface area (Å²) < 4.78 is 5.12. The van der Waals surface area contributed by atoms with Crippen molar-refractivity contribution >= 4 is 23.9 Å².